The number of ether oxygens (including phenoxy) is 2. The number of methoxy groups -OCH3 is 2. The van der Waals surface area contributed by atoms with Gasteiger partial charge in [0.1, 0.15) is 0 Å². The summed E-state index contributed by atoms with van der Waals surface area (Å²) in [4.78, 5) is 0. The number of imidazole rings is 2. The van der Waals surface area contributed by atoms with Crippen LogP contribution >= 0.6 is 0 Å². The molecular formula is C13H20N4O2. The highest BCUT2D eigenvalue weighted by atomic mass is 16.5. The molecule has 2 aromatic rings. The lowest BCUT2D eigenvalue weighted by Gasteiger charge is -2.02. The van der Waals surface area contributed by atoms with Crippen LogP contribution in [0.15, 0.2) is 24.8 Å². The van der Waals surface area contributed by atoms with Crippen LogP contribution in [0.4, 0.5) is 0 Å². The van der Waals surface area contributed by atoms with E-state index in [0.29, 0.717) is 19.9 Å². The molecule has 6 heteroatoms. The highest BCUT2D eigenvalue weighted by molar-refractivity contribution is 4.66. The second-order valence-corrected chi connectivity index (χ2v) is 4.25. The summed E-state index contributed by atoms with van der Waals surface area (Å²) >= 11 is 0. The molecule has 0 spiro atoms. The van der Waals surface area contributed by atoms with Crippen LogP contribution in [0.25, 0.3) is 0 Å². The predicted octanol–water partition coefficient (Wildman–Crippen LogP) is -0.736. The van der Waals surface area contributed by atoms with Crippen LogP contribution < -0.4 is 9.13 Å². The predicted molar refractivity (Wildman–Crippen MR) is 66.1 cm³/mol. The van der Waals surface area contributed by atoms with Gasteiger partial charge < -0.3 is 27.7 Å². The molecule has 0 aromatic carbocycles. The Morgan fingerprint density at radius 1 is 0.947 bits per heavy atom. The van der Waals surface area contributed by atoms with E-state index in [2.05, 4.69) is 12.7 Å². The monoisotopic (exact) mass is 264 g/mol. The normalized spacial score (nSPS) is 11.1. The average Bonchev–Trinajstić information content (AvgIpc) is 3.04. The van der Waals surface area contributed by atoms with Crippen molar-refractivity contribution in [2.24, 2.45) is 0 Å². The quantitative estimate of drug-likeness (QED) is 0.465. The van der Waals surface area contributed by atoms with Gasteiger partial charge in [0.25, 0.3) is 0 Å². The fourth-order valence-corrected chi connectivity index (χ4v) is 1.74. The van der Waals surface area contributed by atoms with E-state index in [4.69, 9.17) is 9.47 Å². The Morgan fingerprint density at radius 2 is 1.63 bits per heavy atom. The van der Waals surface area contributed by atoms with E-state index >= 15 is 0 Å². The summed E-state index contributed by atoms with van der Waals surface area (Å²) in [6.07, 6.45) is 14.4. The molecule has 104 valence electrons. The van der Waals surface area contributed by atoms with E-state index in [1.165, 1.54) is 0 Å². The molecule has 19 heavy (non-hydrogen) atoms. The Labute approximate surface area is 113 Å². The Kier molecular flexibility index (Phi) is 5.11. The maximum atomic E-state index is 5.04. The van der Waals surface area contributed by atoms with Gasteiger partial charge in [-0.25, -0.2) is 0 Å². The summed E-state index contributed by atoms with van der Waals surface area (Å²) in [5, 5.41) is 0. The third-order valence-electron chi connectivity index (χ3n) is 2.74. The summed E-state index contributed by atoms with van der Waals surface area (Å²) in [6, 6.07) is 0. The van der Waals surface area contributed by atoms with Crippen molar-refractivity contribution in [2.45, 2.75) is 19.8 Å². The van der Waals surface area contributed by atoms with Crippen LogP contribution in [0.2, 0.25) is 0 Å². The van der Waals surface area contributed by atoms with Crippen LogP contribution in [-0.4, -0.2) is 36.6 Å². The van der Waals surface area contributed by atoms with Crippen molar-refractivity contribution in [2.75, 3.05) is 27.4 Å². The molecule has 0 N–H and O–H groups in total. The molecule has 0 saturated heterocycles. The topological polar surface area (TPSA) is 36.1 Å². The van der Waals surface area contributed by atoms with E-state index in [1.54, 1.807) is 14.2 Å². The molecule has 0 aliphatic carbocycles. The molecule has 2 rings (SSSR count). The van der Waals surface area contributed by atoms with Crippen LogP contribution in [0.1, 0.15) is 0 Å². The van der Waals surface area contributed by atoms with E-state index in [9.17, 15) is 0 Å². The Bertz CT molecular complexity index is 448. The smallest absolute Gasteiger partial charge is 0.207 e. The van der Waals surface area contributed by atoms with Gasteiger partial charge in [0.05, 0.1) is 26.3 Å². The number of hydrogen-bond donors (Lipinski definition) is 0. The van der Waals surface area contributed by atoms with Crippen molar-refractivity contribution >= 4 is 0 Å². The summed E-state index contributed by atoms with van der Waals surface area (Å²) < 4.78 is 18.0. The molecule has 0 unspecified atom stereocenters. The van der Waals surface area contributed by atoms with E-state index < -0.39 is 0 Å². The van der Waals surface area contributed by atoms with Crippen molar-refractivity contribution < 1.29 is 18.6 Å². The Balaban J connectivity index is 1.89. The first-order valence-electron chi connectivity index (χ1n) is 6.25. The van der Waals surface area contributed by atoms with Crippen LogP contribution in [0, 0.1) is 12.7 Å². The minimum Gasteiger partial charge on any atom is -0.381 e. The first kappa shape index (κ1) is 13.8. The van der Waals surface area contributed by atoms with Crippen molar-refractivity contribution in [3.63, 3.8) is 0 Å². The fraction of sp³-hybridized carbons (Fsp3) is 0.538. The van der Waals surface area contributed by atoms with E-state index in [0.717, 1.165) is 13.1 Å². The molecule has 0 amide bonds. The minimum absolute atomic E-state index is 0.692. The van der Waals surface area contributed by atoms with Crippen LogP contribution in [-0.2, 0) is 29.2 Å². The average molecular weight is 264 g/mol. The molecule has 0 bridgehead atoms. The Hall–Kier alpha value is -1.66. The minimum atomic E-state index is 0.692. The zero-order valence-corrected chi connectivity index (χ0v) is 11.5. The first-order chi connectivity index (χ1) is 9.31. The second-order valence-electron chi connectivity index (χ2n) is 4.25. The molecule has 2 heterocycles. The van der Waals surface area contributed by atoms with Gasteiger partial charge in [-0.2, -0.15) is 0 Å². The van der Waals surface area contributed by atoms with Gasteiger partial charge in [0.2, 0.25) is 12.7 Å². The van der Waals surface area contributed by atoms with Gasteiger partial charge in [-0.3, -0.25) is 0 Å². The maximum absolute atomic E-state index is 5.04. The maximum Gasteiger partial charge on any atom is 0.207 e. The van der Waals surface area contributed by atoms with Gasteiger partial charge in [-0.1, -0.05) is 0 Å². The summed E-state index contributed by atoms with van der Waals surface area (Å²) in [5.74, 6) is 0. The van der Waals surface area contributed by atoms with Gasteiger partial charge >= 0.3 is 0 Å². The number of hydrogen-bond acceptors (Lipinski definition) is 2. The molecule has 0 saturated carbocycles. The van der Waals surface area contributed by atoms with Crippen molar-refractivity contribution in [3.8, 4) is 0 Å². The lowest BCUT2D eigenvalue weighted by Crippen LogP contribution is -2.38. The molecule has 0 fully saturated rings. The molecule has 0 atom stereocenters. The summed E-state index contributed by atoms with van der Waals surface area (Å²) in [7, 11) is 3.40. The molecular weight excluding hydrogens is 244 g/mol. The van der Waals surface area contributed by atoms with Gasteiger partial charge in [-0.15, -0.1) is 0 Å². The zero-order chi connectivity index (χ0) is 13.5. The fourth-order valence-electron chi connectivity index (χ4n) is 1.74. The van der Waals surface area contributed by atoms with Crippen molar-refractivity contribution in [1.29, 1.82) is 0 Å². The van der Waals surface area contributed by atoms with Gasteiger partial charge in [-0.05, 0) is 24.8 Å². The molecule has 2 aromatic heterocycles. The SMILES string of the molecule is COCCn1[c-][n+](Cn2[c-][n+](CCOC)cc2)cc1. The lowest BCUT2D eigenvalue weighted by molar-refractivity contribution is -0.718. The number of rotatable bonds is 8. The van der Waals surface area contributed by atoms with E-state index in [-0.39, 0.29) is 0 Å². The first-order valence-corrected chi connectivity index (χ1v) is 6.25. The zero-order valence-electron chi connectivity index (χ0n) is 11.5. The number of nitrogens with zero attached hydrogens (tertiary/aromatic N) is 4. The number of aromatic nitrogens is 4. The van der Waals surface area contributed by atoms with Gasteiger partial charge in [0.15, 0.2) is 6.67 Å². The van der Waals surface area contributed by atoms with Crippen molar-refractivity contribution in [1.82, 2.24) is 9.13 Å². The molecule has 0 radical (unpaired) electrons. The summed E-state index contributed by atoms with van der Waals surface area (Å²) in [5.41, 5.74) is 0. The largest absolute Gasteiger partial charge is 0.381 e. The third-order valence-corrected chi connectivity index (χ3v) is 2.74. The van der Waals surface area contributed by atoms with Crippen LogP contribution in [0.5, 0.6) is 0 Å². The van der Waals surface area contributed by atoms with E-state index in [1.807, 2.05) is 43.1 Å². The third kappa shape index (κ3) is 4.18. The molecule has 0 aliphatic heterocycles. The van der Waals surface area contributed by atoms with Crippen molar-refractivity contribution in [3.05, 3.63) is 37.4 Å². The van der Waals surface area contributed by atoms with Crippen LogP contribution in [0.3, 0.4) is 0 Å². The molecule has 0 aliphatic rings. The molecule has 6 nitrogen and oxygen atoms in total. The highest BCUT2D eigenvalue weighted by Gasteiger charge is 2.00. The highest BCUT2D eigenvalue weighted by Crippen LogP contribution is 1.86. The van der Waals surface area contributed by atoms with Gasteiger partial charge in [0, 0.05) is 14.2 Å². The second kappa shape index (κ2) is 7.06. The summed E-state index contributed by atoms with van der Waals surface area (Å²) in [6.45, 7) is 3.70. The lowest BCUT2D eigenvalue weighted by atomic mass is 10.7. The Morgan fingerprint density at radius 3 is 2.42 bits per heavy atom. The standard InChI is InChI=1S/C13H20N4O2/c1-18-9-7-14-3-5-16(11-14)13-17-6-4-15(12-17)8-10-19-2/h3-6H,7-10,13H2,1-2H3.